The molecule has 0 fully saturated rings. The van der Waals surface area contributed by atoms with E-state index in [1.807, 2.05) is 17.6 Å². The number of carboxylic acids is 1. The summed E-state index contributed by atoms with van der Waals surface area (Å²) in [5.41, 5.74) is 7.53. The van der Waals surface area contributed by atoms with Gasteiger partial charge in [-0.2, -0.15) is 0 Å². The molecule has 0 saturated carbocycles. The van der Waals surface area contributed by atoms with E-state index in [9.17, 15) is 9.59 Å². The number of amides is 1. The van der Waals surface area contributed by atoms with Crippen molar-refractivity contribution in [1.29, 1.82) is 0 Å². The number of aliphatic carboxylic acids is 1. The van der Waals surface area contributed by atoms with Gasteiger partial charge in [0.05, 0.1) is 28.8 Å². The summed E-state index contributed by atoms with van der Waals surface area (Å²) in [5.74, 6) is -1.31. The lowest BCUT2D eigenvalue weighted by Crippen LogP contribution is -2.11. The van der Waals surface area contributed by atoms with Crippen molar-refractivity contribution in [2.75, 3.05) is 6.61 Å². The minimum atomic E-state index is -1.08. The van der Waals surface area contributed by atoms with Gasteiger partial charge in [0.15, 0.2) is 6.61 Å². The van der Waals surface area contributed by atoms with Crippen LogP contribution < -0.4 is 10.5 Å². The highest BCUT2D eigenvalue weighted by Crippen LogP contribution is 2.37. The molecule has 24 heavy (non-hydrogen) atoms. The topological polar surface area (TPSA) is 107 Å². The molecule has 7 nitrogen and oxygen atoms in total. The predicted octanol–water partition coefficient (Wildman–Crippen LogP) is 2.16. The molecule has 0 aliphatic heterocycles. The fourth-order valence-electron chi connectivity index (χ4n) is 2.96. The molecule has 0 aliphatic rings. The minimum absolute atomic E-state index is 0.323. The Morgan fingerprint density at radius 1 is 1.25 bits per heavy atom. The molecule has 3 rings (SSSR count). The number of nitrogens with zero attached hydrogens (tertiary/aromatic N) is 2. The normalized spacial score (nSPS) is 11.0. The maximum Gasteiger partial charge on any atom is 0.341 e. The molecule has 3 N–H and O–H groups in total. The summed E-state index contributed by atoms with van der Waals surface area (Å²) < 4.78 is 7.43. The summed E-state index contributed by atoms with van der Waals surface area (Å²) in [7, 11) is 0. The van der Waals surface area contributed by atoms with Gasteiger partial charge in [0.1, 0.15) is 5.75 Å². The number of carboxylic acid groups (broad SMARTS) is 1. The van der Waals surface area contributed by atoms with Crippen LogP contribution in [0.2, 0.25) is 0 Å². The van der Waals surface area contributed by atoms with E-state index in [4.69, 9.17) is 15.6 Å². The molecule has 3 aromatic rings. The van der Waals surface area contributed by atoms with Crippen LogP contribution in [0.15, 0.2) is 30.6 Å². The van der Waals surface area contributed by atoms with Gasteiger partial charge in [0.2, 0.25) is 5.91 Å². The summed E-state index contributed by atoms with van der Waals surface area (Å²) in [6, 6.07) is 5.33. The van der Waals surface area contributed by atoms with Crippen molar-refractivity contribution in [1.82, 2.24) is 9.55 Å². The van der Waals surface area contributed by atoms with Gasteiger partial charge in [0.25, 0.3) is 0 Å². The third kappa shape index (κ3) is 2.54. The second-order valence-electron chi connectivity index (χ2n) is 5.43. The van der Waals surface area contributed by atoms with Gasteiger partial charge in [-0.25, -0.2) is 4.79 Å². The molecule has 0 spiro atoms. The van der Waals surface area contributed by atoms with Gasteiger partial charge in [0, 0.05) is 17.5 Å². The Morgan fingerprint density at radius 2 is 2.04 bits per heavy atom. The first kappa shape index (κ1) is 15.8. The number of ether oxygens (including phenoxy) is 1. The molecule has 0 radical (unpaired) electrons. The van der Waals surface area contributed by atoms with Crippen molar-refractivity contribution in [3.05, 3.63) is 36.2 Å². The molecule has 2 heterocycles. The van der Waals surface area contributed by atoms with E-state index in [-0.39, 0.29) is 0 Å². The number of carbonyl (C=O) groups excluding carboxylic acids is 1. The molecule has 0 saturated heterocycles. The third-order valence-corrected chi connectivity index (χ3v) is 3.83. The highest BCUT2D eigenvalue weighted by molar-refractivity contribution is 6.19. The number of hydrogen-bond donors (Lipinski definition) is 2. The van der Waals surface area contributed by atoms with Crippen molar-refractivity contribution in [2.24, 2.45) is 5.73 Å². The Bertz CT molecular complexity index is 946. The van der Waals surface area contributed by atoms with E-state index in [0.29, 0.717) is 22.1 Å². The van der Waals surface area contributed by atoms with Crippen LogP contribution >= 0.6 is 0 Å². The van der Waals surface area contributed by atoms with Crippen LogP contribution in [0.1, 0.15) is 23.7 Å². The zero-order valence-electron chi connectivity index (χ0n) is 13.2. The van der Waals surface area contributed by atoms with Crippen LogP contribution in [-0.4, -0.2) is 33.1 Å². The Balaban J connectivity index is 2.39. The first-order valence-corrected chi connectivity index (χ1v) is 7.58. The zero-order chi connectivity index (χ0) is 17.3. The minimum Gasteiger partial charge on any atom is -0.480 e. The van der Waals surface area contributed by atoms with E-state index in [1.54, 1.807) is 18.3 Å². The van der Waals surface area contributed by atoms with Crippen molar-refractivity contribution in [2.45, 2.75) is 19.9 Å². The monoisotopic (exact) mass is 327 g/mol. The molecule has 1 amide bonds. The van der Waals surface area contributed by atoms with Crippen molar-refractivity contribution in [3.8, 4) is 5.75 Å². The fraction of sp³-hybridized carbons (Fsp3) is 0.235. The fourth-order valence-corrected chi connectivity index (χ4v) is 2.96. The summed E-state index contributed by atoms with van der Waals surface area (Å²) >= 11 is 0. The lowest BCUT2D eigenvalue weighted by atomic mass is 10.1. The number of carbonyl (C=O) groups is 2. The number of primary amides is 1. The van der Waals surface area contributed by atoms with E-state index in [1.165, 1.54) is 6.20 Å². The van der Waals surface area contributed by atoms with Crippen molar-refractivity contribution in [3.63, 3.8) is 0 Å². The lowest BCUT2D eigenvalue weighted by molar-refractivity contribution is -0.139. The Labute approximate surface area is 137 Å². The number of aryl methyl sites for hydroxylation is 1. The highest BCUT2D eigenvalue weighted by atomic mass is 16.5. The summed E-state index contributed by atoms with van der Waals surface area (Å²) in [5, 5.41) is 10.2. The molecule has 0 unspecified atom stereocenters. The van der Waals surface area contributed by atoms with E-state index in [2.05, 4.69) is 4.98 Å². The van der Waals surface area contributed by atoms with E-state index < -0.39 is 18.5 Å². The summed E-state index contributed by atoms with van der Waals surface area (Å²) in [6.07, 6.45) is 4.03. The van der Waals surface area contributed by atoms with Crippen LogP contribution in [0.4, 0.5) is 0 Å². The number of fused-ring (bicyclic) bond motifs is 3. The smallest absolute Gasteiger partial charge is 0.341 e. The molecule has 1 aromatic carbocycles. The number of aromatic nitrogens is 2. The number of benzene rings is 1. The molecule has 124 valence electrons. The Morgan fingerprint density at radius 3 is 2.71 bits per heavy atom. The maximum atomic E-state index is 11.9. The van der Waals surface area contributed by atoms with Crippen LogP contribution in [0.3, 0.4) is 0 Å². The molecular weight excluding hydrogens is 310 g/mol. The number of nitrogens with two attached hydrogens (primary N) is 1. The van der Waals surface area contributed by atoms with E-state index in [0.717, 1.165) is 24.0 Å². The molecule has 7 heteroatoms. The molecule has 0 atom stereocenters. The molecule has 0 aliphatic carbocycles. The lowest BCUT2D eigenvalue weighted by Gasteiger charge is -2.06. The standard InChI is InChI=1S/C17H17N3O4/c1-2-6-20-11-5-3-4-10(17(18)23)15(11)16-12(20)7-19-8-13(16)24-9-14(21)22/h3-5,7-8H,2,6,9H2,1H3,(H2,18,23)(H,21,22). The van der Waals surface area contributed by atoms with Gasteiger partial charge in [-0.3, -0.25) is 9.78 Å². The average Bonchev–Trinajstić information content (AvgIpc) is 2.88. The van der Waals surface area contributed by atoms with Gasteiger partial charge >= 0.3 is 5.97 Å². The first-order valence-electron chi connectivity index (χ1n) is 7.58. The van der Waals surface area contributed by atoms with Gasteiger partial charge < -0.3 is 20.1 Å². The van der Waals surface area contributed by atoms with Crippen LogP contribution in [0.5, 0.6) is 5.75 Å². The largest absolute Gasteiger partial charge is 0.480 e. The quantitative estimate of drug-likeness (QED) is 0.721. The number of rotatable bonds is 6. The number of pyridine rings is 1. The summed E-state index contributed by atoms with van der Waals surface area (Å²) in [6.45, 7) is 2.29. The SMILES string of the molecule is CCCn1c2cncc(OCC(=O)O)c2c2c(C(N)=O)cccc21. The van der Waals surface area contributed by atoms with Gasteiger partial charge in [-0.05, 0) is 18.6 Å². The molecule has 0 bridgehead atoms. The second kappa shape index (κ2) is 6.19. The third-order valence-electron chi connectivity index (χ3n) is 3.83. The molecule has 2 aromatic heterocycles. The van der Waals surface area contributed by atoms with Gasteiger partial charge in [-0.15, -0.1) is 0 Å². The average molecular weight is 327 g/mol. The second-order valence-corrected chi connectivity index (χ2v) is 5.43. The Hall–Kier alpha value is -3.09. The Kier molecular flexibility index (Phi) is 4.07. The van der Waals surface area contributed by atoms with Crippen molar-refractivity contribution < 1.29 is 19.4 Å². The predicted molar refractivity (Wildman–Crippen MR) is 89.2 cm³/mol. The maximum absolute atomic E-state index is 11.9. The number of hydrogen-bond acceptors (Lipinski definition) is 4. The van der Waals surface area contributed by atoms with Crippen LogP contribution in [0.25, 0.3) is 21.8 Å². The van der Waals surface area contributed by atoms with Crippen molar-refractivity contribution >= 4 is 33.7 Å². The summed E-state index contributed by atoms with van der Waals surface area (Å²) in [4.78, 5) is 26.8. The van der Waals surface area contributed by atoms with Crippen LogP contribution in [-0.2, 0) is 11.3 Å². The zero-order valence-corrected chi connectivity index (χ0v) is 13.2. The van der Waals surface area contributed by atoms with E-state index >= 15 is 0 Å². The van der Waals surface area contributed by atoms with Gasteiger partial charge in [-0.1, -0.05) is 13.0 Å². The highest BCUT2D eigenvalue weighted by Gasteiger charge is 2.19. The molecular formula is C17H17N3O4. The first-order chi connectivity index (χ1) is 11.5. The van der Waals surface area contributed by atoms with Crippen LogP contribution in [0, 0.1) is 0 Å².